The van der Waals surface area contributed by atoms with Crippen LogP contribution >= 0.6 is 0 Å². The Labute approximate surface area is 228 Å². The second-order valence-electron chi connectivity index (χ2n) is 11.3. The van der Waals surface area contributed by atoms with Crippen LogP contribution in [-0.4, -0.2) is 80.0 Å². The Hall–Kier alpha value is -2.89. The van der Waals surface area contributed by atoms with Gasteiger partial charge in [0.25, 0.3) is 5.91 Å². The van der Waals surface area contributed by atoms with E-state index in [9.17, 15) is 25.2 Å². The van der Waals surface area contributed by atoms with Crippen LogP contribution in [0.5, 0.6) is 11.5 Å². The Balaban J connectivity index is 1.40. The number of carbonyl (C=O) groups excluding carboxylic acids is 1. The van der Waals surface area contributed by atoms with Gasteiger partial charge in [0, 0.05) is 18.3 Å². The molecule has 2 aromatic rings. The van der Waals surface area contributed by atoms with Crippen molar-refractivity contribution in [3.05, 3.63) is 46.8 Å². The zero-order valence-corrected chi connectivity index (χ0v) is 22.9. The summed E-state index contributed by atoms with van der Waals surface area (Å²) < 4.78 is 13.3. The van der Waals surface area contributed by atoms with Gasteiger partial charge >= 0.3 is 0 Å². The molecule has 0 amide bonds. The van der Waals surface area contributed by atoms with Crippen LogP contribution < -0.4 is 10.1 Å². The van der Waals surface area contributed by atoms with Crippen LogP contribution in [0.2, 0.25) is 0 Å². The highest BCUT2D eigenvalue weighted by molar-refractivity contribution is 6.04. The van der Waals surface area contributed by atoms with Crippen molar-refractivity contribution >= 4 is 17.7 Å². The van der Waals surface area contributed by atoms with E-state index >= 15 is 0 Å². The molecule has 3 aliphatic rings. The molecule has 2 fully saturated rings. The minimum Gasteiger partial charge on any atom is -0.505 e. The second kappa shape index (κ2) is 10.6. The number of aromatic nitrogens is 1. The number of hydrogen-bond donors (Lipinski definition) is 5. The Kier molecular flexibility index (Phi) is 7.51. The van der Waals surface area contributed by atoms with Gasteiger partial charge in [-0.2, -0.15) is 0 Å². The van der Waals surface area contributed by atoms with E-state index in [0.717, 1.165) is 12.1 Å². The number of allylic oxidation sites excluding steroid dienone is 1. The molecule has 0 radical (unpaired) electrons. The zero-order chi connectivity index (χ0) is 28.1. The number of nitrogens with one attached hydrogen (secondary N) is 1. The predicted octanol–water partition coefficient (Wildman–Crippen LogP) is 2.98. The number of anilines is 1. The van der Waals surface area contributed by atoms with E-state index in [-0.39, 0.29) is 29.4 Å². The summed E-state index contributed by atoms with van der Waals surface area (Å²) >= 11 is 0. The van der Waals surface area contributed by atoms with Crippen molar-refractivity contribution in [2.24, 2.45) is 5.92 Å². The van der Waals surface area contributed by atoms with E-state index in [1.165, 1.54) is 36.3 Å². The summed E-state index contributed by atoms with van der Waals surface area (Å²) in [7, 11) is 1.94. The number of aliphatic hydroxyl groups excluding tert-OH is 2. The van der Waals surface area contributed by atoms with E-state index < -0.39 is 36.2 Å². The Morgan fingerprint density at radius 2 is 2.00 bits per heavy atom. The predicted molar refractivity (Wildman–Crippen MR) is 146 cm³/mol. The molecule has 0 bridgehead atoms. The number of nitrogens with zero attached hydrogens (tertiary/aromatic N) is 2. The molecular weight excluding hydrogens is 502 g/mol. The van der Waals surface area contributed by atoms with Crippen molar-refractivity contribution in [2.45, 2.75) is 76.7 Å². The summed E-state index contributed by atoms with van der Waals surface area (Å²) in [4.78, 5) is 15.6. The third kappa shape index (κ3) is 4.96. The summed E-state index contributed by atoms with van der Waals surface area (Å²) in [6, 6.07) is 2.72. The number of likely N-dealkylation sites (N-methyl/N-ethyl adjacent to an activating group) is 1. The number of ether oxygens (including phenoxy) is 2. The molecule has 212 valence electrons. The first kappa shape index (κ1) is 27.7. The van der Waals surface area contributed by atoms with Gasteiger partial charge in [-0.1, -0.05) is 25.0 Å². The third-order valence-corrected chi connectivity index (χ3v) is 8.49. The van der Waals surface area contributed by atoms with E-state index in [2.05, 4.69) is 10.2 Å². The van der Waals surface area contributed by atoms with Crippen molar-refractivity contribution < 1.29 is 34.7 Å². The zero-order valence-electron chi connectivity index (χ0n) is 22.9. The molecule has 2 aliphatic heterocycles. The number of benzene rings is 1. The summed E-state index contributed by atoms with van der Waals surface area (Å²) in [5.41, 5.74) is 0.00492. The van der Waals surface area contributed by atoms with Crippen LogP contribution in [0.3, 0.4) is 0 Å². The number of fused-ring (bicyclic) bond motifs is 2. The van der Waals surface area contributed by atoms with Crippen molar-refractivity contribution in [3.8, 4) is 11.5 Å². The number of hydrogen-bond acceptors (Lipinski definition) is 9. The normalized spacial score (nSPS) is 29.4. The van der Waals surface area contributed by atoms with E-state index in [0.29, 0.717) is 17.2 Å². The van der Waals surface area contributed by atoms with Gasteiger partial charge < -0.3 is 35.2 Å². The van der Waals surface area contributed by atoms with Gasteiger partial charge in [-0.25, -0.2) is 0 Å². The lowest BCUT2D eigenvalue weighted by Gasteiger charge is -2.48. The van der Waals surface area contributed by atoms with Gasteiger partial charge in [0.05, 0.1) is 29.6 Å². The molecule has 1 aliphatic carbocycles. The lowest BCUT2D eigenvalue weighted by Crippen LogP contribution is -2.67. The molecule has 5 N–H and O–H groups in total. The van der Waals surface area contributed by atoms with Gasteiger partial charge in [0.2, 0.25) is 6.29 Å². The Morgan fingerprint density at radius 1 is 1.28 bits per heavy atom. The Morgan fingerprint density at radius 3 is 2.69 bits per heavy atom. The fraction of sp³-hybridized carbons (Fsp3) is 0.552. The Bertz CT molecular complexity index is 1260. The van der Waals surface area contributed by atoms with Gasteiger partial charge in [0.1, 0.15) is 23.2 Å². The molecular formula is C29H39N3O7. The fourth-order valence-corrected chi connectivity index (χ4v) is 6.14. The van der Waals surface area contributed by atoms with Crippen LogP contribution in [0.4, 0.5) is 5.69 Å². The summed E-state index contributed by atoms with van der Waals surface area (Å²) in [6.45, 7) is 6.00. The van der Waals surface area contributed by atoms with Gasteiger partial charge in [-0.15, -0.1) is 0 Å². The van der Waals surface area contributed by atoms with Crippen LogP contribution in [0.25, 0.3) is 6.08 Å². The number of aliphatic hydroxyl groups is 3. The van der Waals surface area contributed by atoms with Crippen LogP contribution in [0.1, 0.15) is 72.9 Å². The fourth-order valence-electron chi connectivity index (χ4n) is 6.14. The highest BCUT2D eigenvalue weighted by atomic mass is 16.7. The summed E-state index contributed by atoms with van der Waals surface area (Å²) in [5.74, 6) is -0.0364. The van der Waals surface area contributed by atoms with Crippen LogP contribution in [-0.2, 0) is 4.74 Å². The SMILES string of the molecule is C/C=C/c1cc2n(c1)C(=O)c1cc(OC3OCC(N(C)CC4CCCC4)C(C)(O)C3O)c(C)c(O)c1NC2O. The van der Waals surface area contributed by atoms with Crippen LogP contribution in [0.15, 0.2) is 24.4 Å². The average molecular weight is 542 g/mol. The largest absolute Gasteiger partial charge is 0.505 e. The minimum atomic E-state index is -1.53. The topological polar surface area (TPSA) is 137 Å². The van der Waals surface area contributed by atoms with Crippen molar-refractivity contribution in [1.82, 2.24) is 9.47 Å². The molecule has 1 saturated heterocycles. The molecule has 1 saturated carbocycles. The highest BCUT2D eigenvalue weighted by Gasteiger charge is 2.51. The summed E-state index contributed by atoms with van der Waals surface area (Å²) in [6.07, 6.45) is 6.19. The molecule has 5 rings (SSSR count). The maximum Gasteiger partial charge on any atom is 0.264 e. The molecule has 10 heteroatoms. The molecule has 10 nitrogen and oxygen atoms in total. The van der Waals surface area contributed by atoms with Crippen molar-refractivity contribution in [2.75, 3.05) is 25.5 Å². The van der Waals surface area contributed by atoms with E-state index in [1.807, 2.05) is 26.1 Å². The van der Waals surface area contributed by atoms with Crippen molar-refractivity contribution in [1.29, 1.82) is 0 Å². The average Bonchev–Trinajstić information content (AvgIpc) is 3.54. The number of aromatic hydroxyl groups is 1. The molecule has 3 heterocycles. The maximum atomic E-state index is 13.5. The number of rotatable bonds is 6. The van der Waals surface area contributed by atoms with Crippen LogP contribution in [0, 0.1) is 12.8 Å². The van der Waals surface area contributed by atoms with Gasteiger partial charge in [-0.05, 0) is 64.3 Å². The molecule has 1 aromatic heterocycles. The smallest absolute Gasteiger partial charge is 0.264 e. The minimum absolute atomic E-state index is 0.0827. The first-order valence-corrected chi connectivity index (χ1v) is 13.6. The first-order valence-electron chi connectivity index (χ1n) is 13.6. The molecule has 5 unspecified atom stereocenters. The van der Waals surface area contributed by atoms with E-state index in [1.54, 1.807) is 26.1 Å². The maximum absolute atomic E-state index is 13.5. The molecule has 1 aromatic carbocycles. The second-order valence-corrected chi connectivity index (χ2v) is 11.3. The van der Waals surface area contributed by atoms with E-state index in [4.69, 9.17) is 9.47 Å². The van der Waals surface area contributed by atoms with Crippen molar-refractivity contribution in [3.63, 3.8) is 0 Å². The third-order valence-electron chi connectivity index (χ3n) is 8.49. The number of carbonyl (C=O) groups is 1. The monoisotopic (exact) mass is 541 g/mol. The lowest BCUT2D eigenvalue weighted by molar-refractivity contribution is -0.264. The first-order chi connectivity index (χ1) is 18.5. The number of phenols is 1. The highest BCUT2D eigenvalue weighted by Crippen LogP contribution is 2.43. The quantitative estimate of drug-likeness (QED) is 0.350. The molecule has 5 atom stereocenters. The standard InChI is InChI=1S/C29H39N3O7/c1-5-8-18-11-20-26(35)30-23-19(27(36)32(20)14-18)12-21(16(2)24(23)33)39-28-25(34)29(3,37)22(15-38-28)31(4)13-17-9-6-7-10-17/h5,8,11-12,14,17,22,25-26,28,30,33-35,37H,6-7,9-10,13,15H2,1-4H3/b8-5+. The summed E-state index contributed by atoms with van der Waals surface area (Å²) in [5, 5.41) is 47.1. The number of phenolic OH excluding ortho intramolecular Hbond substituents is 1. The van der Waals surface area contributed by atoms with Gasteiger partial charge in [0.15, 0.2) is 6.23 Å². The lowest BCUT2D eigenvalue weighted by atomic mass is 9.86. The molecule has 0 spiro atoms. The molecule has 39 heavy (non-hydrogen) atoms. The van der Waals surface area contributed by atoms with Gasteiger partial charge in [-0.3, -0.25) is 14.3 Å².